The number of hydrogen-bond acceptors (Lipinski definition) is 2. The first-order valence-corrected chi connectivity index (χ1v) is 7.32. The number of rotatable bonds is 1. The van der Waals surface area contributed by atoms with E-state index in [2.05, 4.69) is 4.98 Å². The van der Waals surface area contributed by atoms with Gasteiger partial charge in [0.2, 0.25) is 0 Å². The number of carbonyl (C=O) groups excluding carboxylic acids is 1. The van der Waals surface area contributed by atoms with Gasteiger partial charge in [-0.25, -0.2) is 0 Å². The van der Waals surface area contributed by atoms with Crippen LogP contribution in [-0.2, 0) is 6.42 Å². The molecule has 0 atom stereocenters. The van der Waals surface area contributed by atoms with Gasteiger partial charge in [-0.3, -0.25) is 9.78 Å². The average molecular weight is 294 g/mol. The number of pyridine rings is 1. The molecule has 3 heteroatoms. The fourth-order valence-corrected chi connectivity index (χ4v) is 3.20. The van der Waals surface area contributed by atoms with Gasteiger partial charge in [-0.15, -0.1) is 0 Å². The third-order valence-corrected chi connectivity index (χ3v) is 4.19. The largest absolute Gasteiger partial charge is 0.294 e. The molecule has 3 aromatic rings. The first-order chi connectivity index (χ1) is 10.2. The van der Waals surface area contributed by atoms with Crippen LogP contribution in [0.4, 0.5) is 0 Å². The standard InChI is InChI=1S/C18H12ClNO/c19-12-6-7-14-13(10-12)17(11-4-2-1-3-5-11)18-15(20-14)8-9-16(18)21/h1-7,10H,8-9H2. The van der Waals surface area contributed by atoms with Crippen molar-refractivity contribution in [1.29, 1.82) is 0 Å². The number of fused-ring (bicyclic) bond motifs is 2. The summed E-state index contributed by atoms with van der Waals surface area (Å²) in [4.78, 5) is 17.0. The molecule has 1 aliphatic rings. The van der Waals surface area contributed by atoms with Gasteiger partial charge in [0.1, 0.15) is 0 Å². The molecule has 1 aliphatic carbocycles. The van der Waals surface area contributed by atoms with Crippen LogP contribution in [0.1, 0.15) is 22.5 Å². The van der Waals surface area contributed by atoms with Crippen molar-refractivity contribution in [2.24, 2.45) is 0 Å². The highest BCUT2D eigenvalue weighted by atomic mass is 35.5. The Morgan fingerprint density at radius 1 is 0.952 bits per heavy atom. The van der Waals surface area contributed by atoms with Crippen LogP contribution < -0.4 is 0 Å². The smallest absolute Gasteiger partial charge is 0.165 e. The number of halogens is 1. The van der Waals surface area contributed by atoms with E-state index in [1.807, 2.05) is 48.5 Å². The van der Waals surface area contributed by atoms with Crippen LogP contribution in [0.2, 0.25) is 5.02 Å². The number of ketones is 1. The molecule has 4 rings (SSSR count). The van der Waals surface area contributed by atoms with E-state index in [4.69, 9.17) is 11.6 Å². The molecule has 1 aromatic heterocycles. The van der Waals surface area contributed by atoms with Crippen molar-refractivity contribution >= 4 is 28.3 Å². The highest BCUT2D eigenvalue weighted by molar-refractivity contribution is 6.31. The van der Waals surface area contributed by atoms with Crippen molar-refractivity contribution in [3.63, 3.8) is 0 Å². The van der Waals surface area contributed by atoms with Gasteiger partial charge in [0.25, 0.3) is 0 Å². The van der Waals surface area contributed by atoms with Gasteiger partial charge in [0.15, 0.2) is 5.78 Å². The number of aromatic nitrogens is 1. The summed E-state index contributed by atoms with van der Waals surface area (Å²) in [7, 11) is 0. The highest BCUT2D eigenvalue weighted by Crippen LogP contribution is 2.37. The zero-order valence-electron chi connectivity index (χ0n) is 11.3. The van der Waals surface area contributed by atoms with Gasteiger partial charge in [-0.05, 0) is 30.2 Å². The van der Waals surface area contributed by atoms with Gasteiger partial charge in [0, 0.05) is 28.0 Å². The maximum absolute atomic E-state index is 12.3. The predicted molar refractivity (Wildman–Crippen MR) is 84.8 cm³/mol. The molecule has 0 aliphatic heterocycles. The molecule has 0 unspecified atom stereocenters. The Kier molecular flexibility index (Phi) is 2.79. The molecule has 0 radical (unpaired) electrons. The Labute approximate surface area is 127 Å². The van der Waals surface area contributed by atoms with E-state index < -0.39 is 0 Å². The Morgan fingerprint density at radius 3 is 2.57 bits per heavy atom. The molecule has 0 bridgehead atoms. The molecule has 2 aromatic carbocycles. The first-order valence-electron chi connectivity index (χ1n) is 6.95. The summed E-state index contributed by atoms with van der Waals surface area (Å²) < 4.78 is 0. The minimum absolute atomic E-state index is 0.179. The third kappa shape index (κ3) is 1.95. The molecule has 21 heavy (non-hydrogen) atoms. The molecule has 0 spiro atoms. The van der Waals surface area contributed by atoms with Gasteiger partial charge >= 0.3 is 0 Å². The highest BCUT2D eigenvalue weighted by Gasteiger charge is 2.27. The van der Waals surface area contributed by atoms with E-state index in [1.54, 1.807) is 0 Å². The summed E-state index contributed by atoms with van der Waals surface area (Å²) in [6.45, 7) is 0. The Morgan fingerprint density at radius 2 is 1.76 bits per heavy atom. The second kappa shape index (κ2) is 4.68. The maximum Gasteiger partial charge on any atom is 0.165 e. The first kappa shape index (κ1) is 12.5. The lowest BCUT2D eigenvalue weighted by Gasteiger charge is -2.12. The van der Waals surface area contributed by atoms with Gasteiger partial charge in [-0.1, -0.05) is 41.9 Å². The lowest BCUT2D eigenvalue weighted by atomic mass is 9.94. The predicted octanol–water partition coefficient (Wildman–Crippen LogP) is 4.68. The van der Waals surface area contributed by atoms with Crippen molar-refractivity contribution in [2.45, 2.75) is 12.8 Å². The SMILES string of the molecule is O=C1CCc2nc3ccc(Cl)cc3c(-c3ccccc3)c21. The summed E-state index contributed by atoms with van der Waals surface area (Å²) in [6.07, 6.45) is 1.28. The van der Waals surface area contributed by atoms with E-state index >= 15 is 0 Å². The van der Waals surface area contributed by atoms with Crippen LogP contribution in [0.5, 0.6) is 0 Å². The van der Waals surface area contributed by atoms with E-state index in [9.17, 15) is 4.79 Å². The van der Waals surface area contributed by atoms with Crippen molar-refractivity contribution in [3.05, 3.63) is 64.8 Å². The number of nitrogens with zero attached hydrogens (tertiary/aromatic N) is 1. The van der Waals surface area contributed by atoms with E-state index in [0.717, 1.165) is 39.7 Å². The van der Waals surface area contributed by atoms with Crippen LogP contribution in [0, 0.1) is 0 Å². The van der Waals surface area contributed by atoms with Gasteiger partial charge in [-0.2, -0.15) is 0 Å². The van der Waals surface area contributed by atoms with E-state index in [-0.39, 0.29) is 5.78 Å². The van der Waals surface area contributed by atoms with E-state index in [0.29, 0.717) is 11.4 Å². The lowest BCUT2D eigenvalue weighted by Crippen LogP contribution is -1.99. The average Bonchev–Trinajstić information content (AvgIpc) is 2.87. The molecule has 0 fully saturated rings. The molecule has 102 valence electrons. The molecular weight excluding hydrogens is 282 g/mol. The van der Waals surface area contributed by atoms with Gasteiger partial charge < -0.3 is 0 Å². The summed E-state index contributed by atoms with van der Waals surface area (Å²) in [5, 5.41) is 1.61. The number of hydrogen-bond donors (Lipinski definition) is 0. The van der Waals surface area contributed by atoms with Crippen LogP contribution in [-0.4, -0.2) is 10.8 Å². The maximum atomic E-state index is 12.3. The third-order valence-electron chi connectivity index (χ3n) is 3.95. The lowest BCUT2D eigenvalue weighted by molar-refractivity contribution is 0.0995. The van der Waals surface area contributed by atoms with E-state index in [1.165, 1.54) is 0 Å². The zero-order chi connectivity index (χ0) is 14.4. The topological polar surface area (TPSA) is 30.0 Å². The summed E-state index contributed by atoms with van der Waals surface area (Å²) in [6, 6.07) is 15.7. The molecule has 0 saturated heterocycles. The molecule has 0 N–H and O–H groups in total. The second-order valence-electron chi connectivity index (χ2n) is 5.26. The molecule has 0 amide bonds. The van der Waals surface area contributed by atoms with Crippen LogP contribution >= 0.6 is 11.6 Å². The van der Waals surface area contributed by atoms with Crippen molar-refractivity contribution in [3.8, 4) is 11.1 Å². The molecule has 1 heterocycles. The Bertz CT molecular complexity index is 871. The normalized spacial score (nSPS) is 13.7. The second-order valence-corrected chi connectivity index (χ2v) is 5.70. The quantitative estimate of drug-likeness (QED) is 0.652. The summed E-state index contributed by atoms with van der Waals surface area (Å²) in [5.74, 6) is 0.179. The number of Topliss-reactive ketones (excluding diaryl/α,β-unsaturated/α-hetero) is 1. The van der Waals surface area contributed by atoms with Crippen molar-refractivity contribution < 1.29 is 4.79 Å². The zero-order valence-corrected chi connectivity index (χ0v) is 12.0. The molecule has 2 nitrogen and oxygen atoms in total. The van der Waals surface area contributed by atoms with Crippen molar-refractivity contribution in [2.75, 3.05) is 0 Å². The van der Waals surface area contributed by atoms with Crippen molar-refractivity contribution in [1.82, 2.24) is 4.98 Å². The number of benzene rings is 2. The minimum Gasteiger partial charge on any atom is -0.294 e. The fourth-order valence-electron chi connectivity index (χ4n) is 3.03. The molecular formula is C18H12ClNO. The van der Waals surface area contributed by atoms with Crippen LogP contribution in [0.15, 0.2) is 48.5 Å². The number of aryl methyl sites for hydroxylation is 1. The summed E-state index contributed by atoms with van der Waals surface area (Å²) >= 11 is 6.15. The summed E-state index contributed by atoms with van der Waals surface area (Å²) in [5.41, 5.74) is 4.59. The van der Waals surface area contributed by atoms with Crippen LogP contribution in [0.3, 0.4) is 0 Å². The Hall–Kier alpha value is -2.19. The number of carbonyl (C=O) groups is 1. The fraction of sp³-hybridized carbons (Fsp3) is 0.111. The van der Waals surface area contributed by atoms with Gasteiger partial charge in [0.05, 0.1) is 11.2 Å². The Balaban J connectivity index is 2.17. The monoisotopic (exact) mass is 293 g/mol. The van der Waals surface area contributed by atoms with Crippen LogP contribution in [0.25, 0.3) is 22.0 Å². The molecule has 0 saturated carbocycles. The minimum atomic E-state index is 0.179.